The maximum atomic E-state index is 12.1. The van der Waals surface area contributed by atoms with Gasteiger partial charge in [0.15, 0.2) is 0 Å². The van der Waals surface area contributed by atoms with Gasteiger partial charge in [0, 0.05) is 17.4 Å². The number of fused-ring (bicyclic) bond motifs is 1. The van der Waals surface area contributed by atoms with E-state index >= 15 is 0 Å². The van der Waals surface area contributed by atoms with Crippen molar-refractivity contribution in [3.05, 3.63) is 64.5 Å². The van der Waals surface area contributed by atoms with Gasteiger partial charge < -0.3 is 9.72 Å². The van der Waals surface area contributed by atoms with E-state index in [9.17, 15) is 4.79 Å². The second-order valence-corrected chi connectivity index (χ2v) is 5.39. The Hall–Kier alpha value is -2.04. The number of benzene rings is 1. The Morgan fingerprint density at radius 1 is 1.24 bits per heavy atom. The third-order valence-corrected chi connectivity index (χ3v) is 3.52. The molecule has 0 saturated heterocycles. The normalized spacial score (nSPS) is 10.8. The first-order chi connectivity index (χ1) is 10.1. The van der Waals surface area contributed by atoms with E-state index in [2.05, 4.69) is 10.3 Å². The summed E-state index contributed by atoms with van der Waals surface area (Å²) in [6, 6.07) is 10.6. The quantitative estimate of drug-likeness (QED) is 0.797. The zero-order valence-electron chi connectivity index (χ0n) is 10.9. The van der Waals surface area contributed by atoms with Gasteiger partial charge in [0.1, 0.15) is 5.65 Å². The van der Waals surface area contributed by atoms with E-state index < -0.39 is 0 Å². The van der Waals surface area contributed by atoms with Crippen LogP contribution >= 0.6 is 23.2 Å². The van der Waals surface area contributed by atoms with Crippen LogP contribution in [-0.4, -0.2) is 15.3 Å². The SMILES string of the molecule is O=C(Cc1cn2ccccc2n1)Nc1cc(Cl)ccc1Cl. The highest BCUT2D eigenvalue weighted by molar-refractivity contribution is 6.35. The molecule has 0 spiro atoms. The van der Waals surface area contributed by atoms with Crippen LogP contribution in [0.25, 0.3) is 5.65 Å². The minimum atomic E-state index is -0.192. The molecule has 0 aliphatic rings. The molecule has 4 nitrogen and oxygen atoms in total. The van der Waals surface area contributed by atoms with E-state index in [1.54, 1.807) is 18.2 Å². The van der Waals surface area contributed by atoms with Gasteiger partial charge in [-0.1, -0.05) is 29.3 Å². The van der Waals surface area contributed by atoms with Crippen LogP contribution in [0.4, 0.5) is 5.69 Å². The Morgan fingerprint density at radius 2 is 2.10 bits per heavy atom. The highest BCUT2D eigenvalue weighted by atomic mass is 35.5. The highest BCUT2D eigenvalue weighted by Crippen LogP contribution is 2.25. The fraction of sp³-hybridized carbons (Fsp3) is 0.0667. The van der Waals surface area contributed by atoms with Crippen LogP contribution in [0.2, 0.25) is 10.0 Å². The smallest absolute Gasteiger partial charge is 0.230 e. The average Bonchev–Trinajstić information content (AvgIpc) is 2.84. The molecular formula is C15H11Cl2N3O. The van der Waals surface area contributed by atoms with E-state index in [0.29, 0.717) is 21.4 Å². The van der Waals surface area contributed by atoms with Crippen LogP contribution in [0.3, 0.4) is 0 Å². The standard InChI is InChI=1S/C15H11Cl2N3O/c16-10-4-5-12(17)13(7-10)19-15(21)8-11-9-20-6-2-1-3-14(20)18-11/h1-7,9H,8H2,(H,19,21). The topological polar surface area (TPSA) is 46.4 Å². The summed E-state index contributed by atoms with van der Waals surface area (Å²) < 4.78 is 1.87. The number of hydrogen-bond donors (Lipinski definition) is 1. The monoisotopic (exact) mass is 319 g/mol. The molecule has 0 aliphatic carbocycles. The number of carbonyl (C=O) groups is 1. The molecule has 1 aromatic carbocycles. The van der Waals surface area contributed by atoms with Gasteiger partial charge in [-0.15, -0.1) is 0 Å². The molecule has 0 saturated carbocycles. The first kappa shape index (κ1) is 13.9. The average molecular weight is 320 g/mol. The summed E-state index contributed by atoms with van der Waals surface area (Å²) in [6.07, 6.45) is 3.89. The molecule has 2 aromatic heterocycles. The second kappa shape index (κ2) is 5.76. The molecule has 6 heteroatoms. The zero-order chi connectivity index (χ0) is 14.8. The number of halogens is 2. The van der Waals surface area contributed by atoms with Crippen molar-refractivity contribution < 1.29 is 4.79 Å². The maximum absolute atomic E-state index is 12.1. The number of nitrogens with one attached hydrogen (secondary N) is 1. The van der Waals surface area contributed by atoms with Crippen molar-refractivity contribution in [2.45, 2.75) is 6.42 Å². The van der Waals surface area contributed by atoms with Crippen LogP contribution in [0.5, 0.6) is 0 Å². The molecule has 106 valence electrons. The van der Waals surface area contributed by atoms with Crippen LogP contribution in [0.1, 0.15) is 5.69 Å². The first-order valence-electron chi connectivity index (χ1n) is 6.29. The van der Waals surface area contributed by atoms with Crippen molar-refractivity contribution in [3.8, 4) is 0 Å². The lowest BCUT2D eigenvalue weighted by molar-refractivity contribution is -0.115. The largest absolute Gasteiger partial charge is 0.324 e. The molecule has 3 rings (SSSR count). The predicted octanol–water partition coefficient (Wildman–Crippen LogP) is 3.82. The minimum absolute atomic E-state index is 0.171. The molecule has 0 unspecified atom stereocenters. The lowest BCUT2D eigenvalue weighted by Crippen LogP contribution is -2.14. The Labute approximate surface area is 131 Å². The van der Waals surface area contributed by atoms with Gasteiger partial charge in [-0.3, -0.25) is 4.79 Å². The van der Waals surface area contributed by atoms with Crippen LogP contribution < -0.4 is 5.32 Å². The number of amides is 1. The number of rotatable bonds is 3. The van der Waals surface area contributed by atoms with Gasteiger partial charge in [-0.2, -0.15) is 0 Å². The Bertz CT molecular complexity index is 781. The van der Waals surface area contributed by atoms with Crippen LogP contribution in [-0.2, 0) is 11.2 Å². The van der Waals surface area contributed by atoms with Crippen molar-refractivity contribution in [1.29, 1.82) is 0 Å². The van der Waals surface area contributed by atoms with Crippen molar-refractivity contribution in [2.75, 3.05) is 5.32 Å². The van der Waals surface area contributed by atoms with Crippen molar-refractivity contribution in [3.63, 3.8) is 0 Å². The number of carbonyl (C=O) groups excluding carboxylic acids is 1. The van der Waals surface area contributed by atoms with Crippen LogP contribution in [0.15, 0.2) is 48.8 Å². The van der Waals surface area contributed by atoms with Crippen LogP contribution in [0, 0.1) is 0 Å². The van der Waals surface area contributed by atoms with E-state index in [1.807, 2.05) is 35.0 Å². The third-order valence-electron chi connectivity index (χ3n) is 2.96. The molecule has 0 bridgehead atoms. The number of aromatic nitrogens is 2. The van der Waals surface area contributed by atoms with Crippen molar-refractivity contribution >= 4 is 40.4 Å². The van der Waals surface area contributed by atoms with E-state index in [0.717, 1.165) is 5.65 Å². The van der Waals surface area contributed by atoms with Gasteiger partial charge in [-0.05, 0) is 30.3 Å². The van der Waals surface area contributed by atoms with Gasteiger partial charge in [0.25, 0.3) is 0 Å². The lowest BCUT2D eigenvalue weighted by atomic mass is 10.3. The Kier molecular flexibility index (Phi) is 3.82. The molecule has 1 N–H and O–H groups in total. The molecular weight excluding hydrogens is 309 g/mol. The van der Waals surface area contributed by atoms with Crippen molar-refractivity contribution in [2.24, 2.45) is 0 Å². The molecule has 0 radical (unpaired) electrons. The van der Waals surface area contributed by atoms with Gasteiger partial charge in [0.05, 0.1) is 22.8 Å². The number of pyridine rings is 1. The summed E-state index contributed by atoms with van der Waals surface area (Å²) in [5, 5.41) is 3.70. The number of nitrogens with zero attached hydrogens (tertiary/aromatic N) is 2. The number of imidazole rings is 1. The molecule has 0 aliphatic heterocycles. The van der Waals surface area contributed by atoms with E-state index in [1.165, 1.54) is 0 Å². The number of anilines is 1. The summed E-state index contributed by atoms with van der Waals surface area (Å²) in [4.78, 5) is 16.4. The zero-order valence-corrected chi connectivity index (χ0v) is 12.4. The predicted molar refractivity (Wildman–Crippen MR) is 84.0 cm³/mol. The second-order valence-electron chi connectivity index (χ2n) is 4.55. The molecule has 1 amide bonds. The minimum Gasteiger partial charge on any atom is -0.324 e. The number of hydrogen-bond acceptors (Lipinski definition) is 2. The maximum Gasteiger partial charge on any atom is 0.230 e. The third kappa shape index (κ3) is 3.17. The first-order valence-corrected chi connectivity index (χ1v) is 7.05. The molecule has 0 fully saturated rings. The molecule has 3 aromatic rings. The lowest BCUT2D eigenvalue weighted by Gasteiger charge is -2.06. The Balaban J connectivity index is 1.75. The summed E-state index contributed by atoms with van der Waals surface area (Å²) in [7, 11) is 0. The fourth-order valence-electron chi connectivity index (χ4n) is 2.02. The van der Waals surface area contributed by atoms with E-state index in [4.69, 9.17) is 23.2 Å². The highest BCUT2D eigenvalue weighted by Gasteiger charge is 2.10. The molecule has 0 atom stereocenters. The summed E-state index contributed by atoms with van der Waals surface area (Å²) in [6.45, 7) is 0. The van der Waals surface area contributed by atoms with Gasteiger partial charge >= 0.3 is 0 Å². The summed E-state index contributed by atoms with van der Waals surface area (Å²) in [5.41, 5.74) is 2.00. The van der Waals surface area contributed by atoms with Gasteiger partial charge in [0.2, 0.25) is 5.91 Å². The summed E-state index contributed by atoms with van der Waals surface area (Å²) >= 11 is 11.9. The van der Waals surface area contributed by atoms with Gasteiger partial charge in [-0.25, -0.2) is 4.98 Å². The summed E-state index contributed by atoms with van der Waals surface area (Å²) in [5.74, 6) is -0.192. The van der Waals surface area contributed by atoms with Crippen molar-refractivity contribution in [1.82, 2.24) is 9.38 Å². The van der Waals surface area contributed by atoms with E-state index in [-0.39, 0.29) is 12.3 Å². The molecule has 2 heterocycles. The molecule has 21 heavy (non-hydrogen) atoms. The fourth-order valence-corrected chi connectivity index (χ4v) is 2.36. The Morgan fingerprint density at radius 3 is 2.90 bits per heavy atom.